The number of hydrogen-bond donors (Lipinski definition) is 0. The fourth-order valence-electron chi connectivity index (χ4n) is 2.98. The molecule has 0 radical (unpaired) electrons. The van der Waals surface area contributed by atoms with Crippen molar-refractivity contribution in [3.63, 3.8) is 0 Å². The zero-order valence-electron chi connectivity index (χ0n) is 12.1. The van der Waals surface area contributed by atoms with Crippen LogP contribution in [0, 0.1) is 28.1 Å². The number of hydrogen-bond acceptors (Lipinski definition) is 4. The molecule has 0 aromatic heterocycles. The monoisotopic (exact) mass is 376 g/mol. The Morgan fingerprint density at radius 1 is 0.958 bits per heavy atom. The van der Waals surface area contributed by atoms with E-state index < -0.39 is 26.4 Å². The van der Waals surface area contributed by atoms with Crippen LogP contribution in [0.3, 0.4) is 0 Å². The van der Waals surface area contributed by atoms with Gasteiger partial charge in [0.15, 0.2) is 15.3 Å². The van der Waals surface area contributed by atoms with Crippen molar-refractivity contribution in [3.8, 4) is 12.1 Å². The molecular formula is C17H10Cl2N2O2S. The Balaban J connectivity index is 2.11. The average molecular weight is 377 g/mol. The topological polar surface area (TPSA) is 81.7 Å². The van der Waals surface area contributed by atoms with Gasteiger partial charge in [-0.3, -0.25) is 0 Å². The SMILES string of the molecule is N#CC1(C#N)[C@H](c2cccc(Cl)c2)[C@@H]1S(=O)(=O)c1ccc(Cl)cc1. The van der Waals surface area contributed by atoms with E-state index in [-0.39, 0.29) is 4.90 Å². The van der Waals surface area contributed by atoms with E-state index in [0.717, 1.165) is 0 Å². The molecule has 0 N–H and O–H groups in total. The van der Waals surface area contributed by atoms with E-state index in [1.807, 2.05) is 12.1 Å². The van der Waals surface area contributed by atoms with E-state index in [1.54, 1.807) is 24.3 Å². The molecular weight excluding hydrogens is 367 g/mol. The Hall–Kier alpha value is -2.05. The second kappa shape index (κ2) is 5.79. The molecule has 0 saturated heterocycles. The van der Waals surface area contributed by atoms with Gasteiger partial charge in [0.25, 0.3) is 0 Å². The summed E-state index contributed by atoms with van der Waals surface area (Å²) in [5, 5.41) is 18.7. The van der Waals surface area contributed by atoms with Gasteiger partial charge in [-0.1, -0.05) is 35.3 Å². The first-order chi connectivity index (χ1) is 11.4. The molecule has 7 heteroatoms. The third kappa shape index (κ3) is 2.46. The lowest BCUT2D eigenvalue weighted by atomic mass is 10.0. The lowest BCUT2D eigenvalue weighted by Gasteiger charge is -2.04. The van der Waals surface area contributed by atoms with Gasteiger partial charge in [-0.2, -0.15) is 10.5 Å². The summed E-state index contributed by atoms with van der Waals surface area (Å²) in [6.07, 6.45) is 0. The highest BCUT2D eigenvalue weighted by molar-refractivity contribution is 7.92. The smallest absolute Gasteiger partial charge is 0.184 e. The molecule has 0 unspecified atom stereocenters. The van der Waals surface area contributed by atoms with Crippen LogP contribution in [0.2, 0.25) is 10.0 Å². The Kier molecular flexibility index (Phi) is 4.05. The predicted octanol–water partition coefficient (Wildman–Crippen LogP) is 3.97. The number of nitrogens with zero attached hydrogens (tertiary/aromatic N) is 2. The Morgan fingerprint density at radius 2 is 1.58 bits per heavy atom. The van der Waals surface area contributed by atoms with E-state index in [1.165, 1.54) is 24.3 Å². The average Bonchev–Trinajstić information content (AvgIpc) is 3.26. The van der Waals surface area contributed by atoms with Crippen molar-refractivity contribution < 1.29 is 8.42 Å². The van der Waals surface area contributed by atoms with Crippen molar-refractivity contribution in [2.45, 2.75) is 16.1 Å². The predicted molar refractivity (Wildman–Crippen MR) is 90.3 cm³/mol. The number of sulfone groups is 1. The van der Waals surface area contributed by atoms with E-state index in [9.17, 15) is 18.9 Å². The lowest BCUT2D eigenvalue weighted by Crippen LogP contribution is -2.14. The van der Waals surface area contributed by atoms with Gasteiger partial charge in [-0.25, -0.2) is 8.42 Å². The molecule has 3 rings (SSSR count). The summed E-state index contributed by atoms with van der Waals surface area (Å²) in [7, 11) is -3.87. The van der Waals surface area contributed by atoms with E-state index in [2.05, 4.69) is 0 Å². The van der Waals surface area contributed by atoms with Crippen LogP contribution >= 0.6 is 23.2 Å². The lowest BCUT2D eigenvalue weighted by molar-refractivity contribution is 0.591. The molecule has 2 aromatic rings. The first kappa shape index (κ1) is 16.8. The molecule has 1 aliphatic rings. The number of rotatable bonds is 3. The Labute approximate surface area is 149 Å². The van der Waals surface area contributed by atoms with Crippen LogP contribution in [0.5, 0.6) is 0 Å². The second-order valence-corrected chi connectivity index (χ2v) is 8.49. The molecule has 1 aliphatic carbocycles. The minimum atomic E-state index is -3.87. The van der Waals surface area contributed by atoms with Crippen LogP contribution in [0.25, 0.3) is 0 Å². The van der Waals surface area contributed by atoms with Crippen molar-refractivity contribution in [3.05, 3.63) is 64.1 Å². The van der Waals surface area contributed by atoms with Gasteiger partial charge in [0.05, 0.1) is 17.0 Å². The van der Waals surface area contributed by atoms with Gasteiger partial charge < -0.3 is 0 Å². The maximum atomic E-state index is 12.9. The third-order valence-corrected chi connectivity index (χ3v) is 6.92. The maximum absolute atomic E-state index is 12.9. The molecule has 1 saturated carbocycles. The minimum absolute atomic E-state index is 0.0382. The first-order valence-electron chi connectivity index (χ1n) is 6.94. The third-order valence-electron chi connectivity index (χ3n) is 4.19. The number of benzene rings is 2. The molecule has 0 aliphatic heterocycles. The molecule has 1 fully saturated rings. The van der Waals surface area contributed by atoms with Crippen molar-refractivity contribution in [1.82, 2.24) is 0 Å². The fraction of sp³-hybridized carbons (Fsp3) is 0.176. The van der Waals surface area contributed by atoms with Gasteiger partial charge in [0.2, 0.25) is 0 Å². The summed E-state index contributed by atoms with van der Waals surface area (Å²) < 4.78 is 25.9. The highest BCUT2D eigenvalue weighted by Crippen LogP contribution is 2.63. The van der Waals surface area contributed by atoms with Crippen LogP contribution in [-0.2, 0) is 9.84 Å². The summed E-state index contributed by atoms with van der Waals surface area (Å²) >= 11 is 11.8. The second-order valence-electron chi connectivity index (χ2n) is 5.54. The zero-order valence-corrected chi connectivity index (χ0v) is 14.5. The first-order valence-corrected chi connectivity index (χ1v) is 9.24. The number of nitriles is 2. The number of halogens is 2. The zero-order chi connectivity index (χ0) is 17.5. The summed E-state index contributed by atoms with van der Waals surface area (Å²) in [6, 6.07) is 16.1. The van der Waals surface area contributed by atoms with Crippen molar-refractivity contribution in [2.24, 2.45) is 5.41 Å². The van der Waals surface area contributed by atoms with Crippen molar-refractivity contribution in [2.75, 3.05) is 0 Å². The van der Waals surface area contributed by atoms with Crippen LogP contribution < -0.4 is 0 Å². The fourth-order valence-corrected chi connectivity index (χ4v) is 5.51. The van der Waals surface area contributed by atoms with E-state index in [4.69, 9.17) is 23.2 Å². The molecule has 0 bridgehead atoms. The van der Waals surface area contributed by atoms with E-state index in [0.29, 0.717) is 15.6 Å². The van der Waals surface area contributed by atoms with Gasteiger partial charge in [0.1, 0.15) is 5.25 Å². The molecule has 0 heterocycles. The van der Waals surface area contributed by atoms with Gasteiger partial charge in [-0.15, -0.1) is 0 Å². The molecule has 0 amide bonds. The summed E-state index contributed by atoms with van der Waals surface area (Å²) in [5.41, 5.74) is -1.06. The summed E-state index contributed by atoms with van der Waals surface area (Å²) in [5.74, 6) is -0.744. The van der Waals surface area contributed by atoms with Gasteiger partial charge in [0, 0.05) is 16.0 Å². The summed E-state index contributed by atoms with van der Waals surface area (Å²) in [4.78, 5) is 0.0382. The normalized spacial score (nSPS) is 21.5. The quantitative estimate of drug-likeness (QED) is 0.811. The molecule has 2 aromatic carbocycles. The van der Waals surface area contributed by atoms with Crippen molar-refractivity contribution in [1.29, 1.82) is 10.5 Å². The standard InChI is InChI=1S/C17H10Cl2N2O2S/c18-12-4-6-14(7-5-12)24(22,23)16-15(17(16,9-20)10-21)11-2-1-3-13(19)8-11/h1-8,15-16H/t15-,16+/m1/s1. The van der Waals surface area contributed by atoms with Crippen LogP contribution in [0.4, 0.5) is 0 Å². The molecule has 4 nitrogen and oxygen atoms in total. The van der Waals surface area contributed by atoms with Gasteiger partial charge >= 0.3 is 0 Å². The van der Waals surface area contributed by atoms with Crippen LogP contribution in [0.15, 0.2) is 53.4 Å². The largest absolute Gasteiger partial charge is 0.223 e. The van der Waals surface area contributed by atoms with Crippen LogP contribution in [-0.4, -0.2) is 13.7 Å². The van der Waals surface area contributed by atoms with Gasteiger partial charge in [-0.05, 0) is 42.0 Å². The molecule has 0 spiro atoms. The maximum Gasteiger partial charge on any atom is 0.184 e. The Bertz CT molecular complexity index is 974. The van der Waals surface area contributed by atoms with Crippen molar-refractivity contribution >= 4 is 33.0 Å². The van der Waals surface area contributed by atoms with Crippen LogP contribution in [0.1, 0.15) is 11.5 Å². The minimum Gasteiger partial charge on any atom is -0.223 e. The molecule has 2 atom stereocenters. The summed E-state index contributed by atoms with van der Waals surface area (Å²) in [6.45, 7) is 0. The molecule has 120 valence electrons. The molecule has 24 heavy (non-hydrogen) atoms. The highest BCUT2D eigenvalue weighted by Gasteiger charge is 2.73. The highest BCUT2D eigenvalue weighted by atomic mass is 35.5. The van der Waals surface area contributed by atoms with E-state index >= 15 is 0 Å². The Morgan fingerprint density at radius 3 is 2.12 bits per heavy atom.